The van der Waals surface area contributed by atoms with Crippen molar-refractivity contribution in [2.75, 3.05) is 26.8 Å². The summed E-state index contributed by atoms with van der Waals surface area (Å²) in [6, 6.07) is 5.82. The van der Waals surface area contributed by atoms with E-state index >= 15 is 0 Å². The molecule has 0 radical (unpaired) electrons. The third kappa shape index (κ3) is 4.08. The fraction of sp³-hybridized carbons (Fsp3) is 0.375. The van der Waals surface area contributed by atoms with Crippen molar-refractivity contribution in [3.8, 4) is 5.75 Å². The molecule has 1 aliphatic rings. The van der Waals surface area contributed by atoms with E-state index < -0.39 is 5.97 Å². The van der Waals surface area contributed by atoms with Crippen molar-refractivity contribution in [1.29, 1.82) is 0 Å². The smallest absolute Gasteiger partial charge is 0.325 e. The molecule has 0 fully saturated rings. The molecular formula is C16H19NO4. The zero-order valence-corrected chi connectivity index (χ0v) is 12.3. The number of nitrogens with zero attached hydrogens (tertiary/aromatic N) is 1. The maximum atomic E-state index is 11.9. The van der Waals surface area contributed by atoms with E-state index in [1.807, 2.05) is 18.2 Å². The summed E-state index contributed by atoms with van der Waals surface area (Å²) in [6.07, 6.45) is 4.09. The monoisotopic (exact) mass is 289 g/mol. The quantitative estimate of drug-likeness (QED) is 0.611. The Labute approximate surface area is 124 Å². The second-order valence-corrected chi connectivity index (χ2v) is 4.80. The molecule has 0 aliphatic carbocycles. The van der Waals surface area contributed by atoms with Crippen molar-refractivity contribution < 1.29 is 19.1 Å². The highest BCUT2D eigenvalue weighted by atomic mass is 16.5. The molecule has 0 bridgehead atoms. The number of carbonyl (C=O) groups is 2. The predicted molar refractivity (Wildman–Crippen MR) is 78.9 cm³/mol. The Hall–Kier alpha value is -2.30. The molecule has 0 unspecified atom stereocenters. The van der Waals surface area contributed by atoms with Gasteiger partial charge in [0, 0.05) is 19.5 Å². The number of benzene rings is 1. The van der Waals surface area contributed by atoms with Crippen molar-refractivity contribution in [1.82, 2.24) is 4.90 Å². The van der Waals surface area contributed by atoms with E-state index in [9.17, 15) is 9.59 Å². The zero-order valence-electron chi connectivity index (χ0n) is 12.3. The number of carbonyl (C=O) groups excluding carboxylic acids is 2. The van der Waals surface area contributed by atoms with Crippen molar-refractivity contribution in [2.24, 2.45) is 0 Å². The third-order valence-corrected chi connectivity index (χ3v) is 3.18. The molecule has 0 saturated heterocycles. The van der Waals surface area contributed by atoms with Crippen LogP contribution < -0.4 is 4.74 Å². The van der Waals surface area contributed by atoms with Gasteiger partial charge in [-0.15, -0.1) is 0 Å². The first-order valence-corrected chi connectivity index (χ1v) is 6.94. The van der Waals surface area contributed by atoms with Crippen LogP contribution in [0.4, 0.5) is 0 Å². The van der Waals surface area contributed by atoms with Gasteiger partial charge in [0.25, 0.3) is 0 Å². The summed E-state index contributed by atoms with van der Waals surface area (Å²) in [5, 5.41) is 0. The molecule has 21 heavy (non-hydrogen) atoms. The van der Waals surface area contributed by atoms with Gasteiger partial charge in [0.05, 0.1) is 13.2 Å². The third-order valence-electron chi connectivity index (χ3n) is 3.18. The number of likely N-dealkylation sites (N-methyl/N-ethyl adjacent to an activating group) is 1. The van der Waals surface area contributed by atoms with Crippen LogP contribution in [0.15, 0.2) is 24.3 Å². The molecule has 112 valence electrons. The number of esters is 1. The first-order chi connectivity index (χ1) is 10.1. The molecule has 1 heterocycles. The predicted octanol–water partition coefficient (Wildman–Crippen LogP) is 1.66. The molecule has 1 aliphatic heterocycles. The Bertz CT molecular complexity index is 565. The van der Waals surface area contributed by atoms with Crippen molar-refractivity contribution >= 4 is 18.0 Å². The van der Waals surface area contributed by atoms with E-state index in [1.165, 1.54) is 11.0 Å². The molecule has 0 N–H and O–H groups in total. The molecule has 2 rings (SSSR count). The van der Waals surface area contributed by atoms with Crippen LogP contribution in [0.3, 0.4) is 0 Å². The van der Waals surface area contributed by atoms with Crippen LogP contribution in [0.1, 0.15) is 18.1 Å². The number of hydrogen-bond donors (Lipinski definition) is 0. The van der Waals surface area contributed by atoms with Gasteiger partial charge in [-0.05, 0) is 36.3 Å². The highest BCUT2D eigenvalue weighted by Crippen LogP contribution is 2.26. The molecule has 5 nitrogen and oxygen atoms in total. The van der Waals surface area contributed by atoms with Gasteiger partial charge < -0.3 is 14.4 Å². The lowest BCUT2D eigenvalue weighted by atomic mass is 10.1. The Balaban J connectivity index is 1.94. The number of fused-ring (bicyclic) bond motifs is 1. The normalized spacial score (nSPS) is 12.9. The maximum absolute atomic E-state index is 11.9. The first-order valence-electron chi connectivity index (χ1n) is 6.94. The Kier molecular flexibility index (Phi) is 4.98. The minimum Gasteiger partial charge on any atom is -0.493 e. The highest BCUT2D eigenvalue weighted by molar-refractivity contribution is 5.93. The summed E-state index contributed by atoms with van der Waals surface area (Å²) in [6.45, 7) is 2.71. The summed E-state index contributed by atoms with van der Waals surface area (Å²) >= 11 is 0. The van der Waals surface area contributed by atoms with E-state index in [0.717, 1.165) is 23.3 Å². The summed E-state index contributed by atoms with van der Waals surface area (Å²) < 4.78 is 10.2. The molecule has 0 saturated carbocycles. The van der Waals surface area contributed by atoms with Gasteiger partial charge in [-0.2, -0.15) is 0 Å². The number of amides is 1. The SMILES string of the molecule is CCOC(=O)CN(C)C(=O)C=Cc1ccc2c(c1)CCO2. The lowest BCUT2D eigenvalue weighted by molar-refractivity contribution is -0.146. The summed E-state index contributed by atoms with van der Waals surface area (Å²) in [4.78, 5) is 24.5. The average molecular weight is 289 g/mol. The lowest BCUT2D eigenvalue weighted by Gasteiger charge is -2.13. The summed E-state index contributed by atoms with van der Waals surface area (Å²) in [5.74, 6) is 0.272. The van der Waals surface area contributed by atoms with Crippen LogP contribution in [0.25, 0.3) is 6.08 Å². The van der Waals surface area contributed by atoms with Gasteiger partial charge >= 0.3 is 5.97 Å². The van der Waals surface area contributed by atoms with Crippen molar-refractivity contribution in [2.45, 2.75) is 13.3 Å². The van der Waals surface area contributed by atoms with Gasteiger partial charge in [0.2, 0.25) is 5.91 Å². The van der Waals surface area contributed by atoms with Crippen LogP contribution in [0.2, 0.25) is 0 Å². The van der Waals surface area contributed by atoms with Crippen LogP contribution in [-0.2, 0) is 20.7 Å². The van der Waals surface area contributed by atoms with Crippen molar-refractivity contribution in [3.63, 3.8) is 0 Å². The topological polar surface area (TPSA) is 55.8 Å². The largest absolute Gasteiger partial charge is 0.493 e. The maximum Gasteiger partial charge on any atom is 0.325 e. The average Bonchev–Trinajstić information content (AvgIpc) is 2.92. The van der Waals surface area contributed by atoms with Crippen LogP contribution in [0, 0.1) is 0 Å². The lowest BCUT2D eigenvalue weighted by Crippen LogP contribution is -2.31. The minimum atomic E-state index is -0.406. The van der Waals surface area contributed by atoms with Gasteiger partial charge in [-0.3, -0.25) is 9.59 Å². The zero-order chi connectivity index (χ0) is 15.2. The van der Waals surface area contributed by atoms with Gasteiger partial charge in [0.15, 0.2) is 0 Å². The molecule has 0 atom stereocenters. The highest BCUT2D eigenvalue weighted by Gasteiger charge is 2.12. The minimum absolute atomic E-state index is 0.0466. The second kappa shape index (κ2) is 6.92. The second-order valence-electron chi connectivity index (χ2n) is 4.80. The number of hydrogen-bond acceptors (Lipinski definition) is 4. The van der Waals surface area contributed by atoms with Gasteiger partial charge in [-0.25, -0.2) is 0 Å². The summed E-state index contributed by atoms with van der Waals surface area (Å²) in [7, 11) is 1.57. The molecular weight excluding hydrogens is 270 g/mol. The Morgan fingerprint density at radius 2 is 2.24 bits per heavy atom. The summed E-state index contributed by atoms with van der Waals surface area (Å²) in [5.41, 5.74) is 2.10. The van der Waals surface area contributed by atoms with E-state index in [-0.39, 0.29) is 12.5 Å². The molecule has 1 amide bonds. The Morgan fingerprint density at radius 3 is 3.00 bits per heavy atom. The van der Waals surface area contributed by atoms with Gasteiger partial charge in [0.1, 0.15) is 12.3 Å². The molecule has 1 aromatic rings. The van der Waals surface area contributed by atoms with E-state index in [2.05, 4.69) is 0 Å². The fourth-order valence-corrected chi connectivity index (χ4v) is 2.08. The Morgan fingerprint density at radius 1 is 1.43 bits per heavy atom. The van der Waals surface area contributed by atoms with Crippen LogP contribution in [-0.4, -0.2) is 43.6 Å². The van der Waals surface area contributed by atoms with E-state index in [0.29, 0.717) is 13.2 Å². The standard InChI is InChI=1S/C16H19NO4/c1-3-20-16(19)11-17(2)15(18)7-5-12-4-6-14-13(10-12)8-9-21-14/h4-7,10H,3,8-9,11H2,1-2H3. The molecule has 0 spiro atoms. The van der Waals surface area contributed by atoms with Crippen LogP contribution in [0.5, 0.6) is 5.75 Å². The molecule has 1 aromatic carbocycles. The fourth-order valence-electron chi connectivity index (χ4n) is 2.08. The molecule has 0 aromatic heterocycles. The number of rotatable bonds is 5. The molecule has 5 heteroatoms. The first kappa shape index (κ1) is 15.1. The van der Waals surface area contributed by atoms with Crippen LogP contribution >= 0.6 is 0 Å². The van der Waals surface area contributed by atoms with E-state index in [1.54, 1.807) is 20.0 Å². The van der Waals surface area contributed by atoms with Gasteiger partial charge in [-0.1, -0.05) is 6.07 Å². The van der Waals surface area contributed by atoms with Crippen molar-refractivity contribution in [3.05, 3.63) is 35.4 Å². The number of ether oxygens (including phenoxy) is 2. The van der Waals surface area contributed by atoms with E-state index in [4.69, 9.17) is 9.47 Å².